The summed E-state index contributed by atoms with van der Waals surface area (Å²) in [6, 6.07) is 0. The highest BCUT2D eigenvalue weighted by Crippen LogP contribution is 2.21. The Morgan fingerprint density at radius 3 is 1.21 bits per heavy atom. The van der Waals surface area contributed by atoms with Crippen molar-refractivity contribution in [2.75, 3.05) is 0 Å². The molecule has 0 aromatic rings. The molecule has 1 rings (SSSR count). The van der Waals surface area contributed by atoms with Crippen molar-refractivity contribution in [2.45, 2.75) is 87.0 Å². The summed E-state index contributed by atoms with van der Waals surface area (Å²) in [4.78, 5) is 0. The minimum atomic E-state index is 0. The highest BCUT2D eigenvalue weighted by Gasteiger charge is 2.05. The fraction of sp³-hybridized carbons (Fsp3) is 1.00. The highest BCUT2D eigenvalue weighted by atomic mass is 14.1. The number of rotatable bonds is 0. The Kier molecular flexibility index (Phi) is 26.1. The van der Waals surface area contributed by atoms with Crippen LogP contribution in [-0.4, -0.2) is 0 Å². The molecule has 0 unspecified atom stereocenters. The molecule has 0 spiro atoms. The Bertz CT molecular complexity index is 58.4. The van der Waals surface area contributed by atoms with E-state index in [1.807, 2.05) is 0 Å². The molecule has 0 aromatic heterocycles. The van der Waals surface area contributed by atoms with Crippen LogP contribution in [0.3, 0.4) is 0 Å². The van der Waals surface area contributed by atoms with Gasteiger partial charge < -0.3 is 0 Å². The lowest BCUT2D eigenvalue weighted by atomic mass is 9.91. The summed E-state index contributed by atoms with van der Waals surface area (Å²) in [5.41, 5.74) is 0. The predicted molar refractivity (Wildman–Crippen MR) is 70.9 cm³/mol. The molecule has 1 aliphatic rings. The first-order valence-electron chi connectivity index (χ1n) is 6.22. The van der Waals surface area contributed by atoms with Crippen LogP contribution in [-0.2, 0) is 0 Å². The summed E-state index contributed by atoms with van der Waals surface area (Å²) in [5, 5.41) is 0. The summed E-state index contributed by atoms with van der Waals surface area (Å²) in [6.45, 7) is 10.9. The van der Waals surface area contributed by atoms with Gasteiger partial charge in [-0.1, -0.05) is 87.0 Å². The molecule has 90 valence electrons. The standard InChI is InChI=1S/C7H14.2C3H8.CH4/c1-7-5-3-2-4-6-7;2*1-3-2;/h7H,2-6H2,1H3;2*3H2,1-2H3;1H4. The van der Waals surface area contributed by atoms with E-state index in [0.717, 1.165) is 5.92 Å². The lowest BCUT2D eigenvalue weighted by Gasteiger charge is -2.15. The van der Waals surface area contributed by atoms with Gasteiger partial charge in [0.2, 0.25) is 0 Å². The van der Waals surface area contributed by atoms with Crippen LogP contribution in [0.4, 0.5) is 0 Å². The first kappa shape index (κ1) is 19.6. The lowest BCUT2D eigenvalue weighted by molar-refractivity contribution is 0.385. The van der Waals surface area contributed by atoms with E-state index in [-0.39, 0.29) is 7.43 Å². The molecule has 0 heterocycles. The molecule has 1 aliphatic carbocycles. The molecule has 0 saturated heterocycles. The van der Waals surface area contributed by atoms with Gasteiger partial charge in [0.05, 0.1) is 0 Å². The maximum Gasteiger partial charge on any atom is -0.0443 e. The number of hydrogen-bond donors (Lipinski definition) is 0. The monoisotopic (exact) mass is 202 g/mol. The maximum atomic E-state index is 2.36. The maximum absolute atomic E-state index is 2.36. The first-order valence-corrected chi connectivity index (χ1v) is 6.22. The third-order valence-electron chi connectivity index (χ3n) is 1.89. The van der Waals surface area contributed by atoms with Gasteiger partial charge in [-0.05, 0) is 5.92 Å². The van der Waals surface area contributed by atoms with Crippen molar-refractivity contribution in [3.63, 3.8) is 0 Å². The van der Waals surface area contributed by atoms with Gasteiger partial charge >= 0.3 is 0 Å². The van der Waals surface area contributed by atoms with Gasteiger partial charge in [-0.25, -0.2) is 0 Å². The van der Waals surface area contributed by atoms with E-state index in [9.17, 15) is 0 Å². The van der Waals surface area contributed by atoms with Crippen LogP contribution in [0, 0.1) is 5.92 Å². The molecule has 0 N–H and O–H groups in total. The van der Waals surface area contributed by atoms with Gasteiger partial charge in [0.15, 0.2) is 0 Å². The zero-order chi connectivity index (χ0) is 10.5. The molecule has 0 amide bonds. The van der Waals surface area contributed by atoms with Gasteiger partial charge in [0.25, 0.3) is 0 Å². The van der Waals surface area contributed by atoms with Crippen LogP contribution in [0.1, 0.15) is 87.0 Å². The van der Waals surface area contributed by atoms with Crippen molar-refractivity contribution < 1.29 is 0 Å². The van der Waals surface area contributed by atoms with E-state index in [1.54, 1.807) is 0 Å². The topological polar surface area (TPSA) is 0 Å². The number of hydrogen-bond acceptors (Lipinski definition) is 0. The molecule has 0 aromatic carbocycles. The van der Waals surface area contributed by atoms with Gasteiger partial charge in [-0.3, -0.25) is 0 Å². The molecule has 14 heavy (non-hydrogen) atoms. The van der Waals surface area contributed by atoms with E-state index in [4.69, 9.17) is 0 Å². The molecule has 0 heteroatoms. The Hall–Kier alpha value is 0. The largest absolute Gasteiger partial charge is 0.0776 e. The lowest BCUT2D eigenvalue weighted by Crippen LogP contribution is -1.99. The van der Waals surface area contributed by atoms with E-state index < -0.39 is 0 Å². The second kappa shape index (κ2) is 18.7. The molecule has 0 bridgehead atoms. The minimum Gasteiger partial charge on any atom is -0.0776 e. The average molecular weight is 202 g/mol. The fourth-order valence-electron chi connectivity index (χ4n) is 1.31. The van der Waals surface area contributed by atoms with Crippen LogP contribution in [0.5, 0.6) is 0 Å². The minimum absolute atomic E-state index is 0. The van der Waals surface area contributed by atoms with Gasteiger partial charge in [-0.2, -0.15) is 0 Å². The van der Waals surface area contributed by atoms with E-state index in [0.29, 0.717) is 0 Å². The predicted octanol–water partition coefficient (Wildman–Crippen LogP) is 6.06. The van der Waals surface area contributed by atoms with E-state index >= 15 is 0 Å². The van der Waals surface area contributed by atoms with Crippen molar-refractivity contribution >= 4 is 0 Å². The van der Waals surface area contributed by atoms with Crippen molar-refractivity contribution in [3.05, 3.63) is 0 Å². The Morgan fingerprint density at radius 2 is 1.07 bits per heavy atom. The fourth-order valence-corrected chi connectivity index (χ4v) is 1.31. The summed E-state index contributed by atoms with van der Waals surface area (Å²) in [7, 11) is 0. The third kappa shape index (κ3) is 22.7. The Labute approximate surface area is 93.5 Å². The highest BCUT2D eigenvalue weighted by molar-refractivity contribution is 4.59. The van der Waals surface area contributed by atoms with Gasteiger partial charge in [0, 0.05) is 0 Å². The van der Waals surface area contributed by atoms with Crippen LogP contribution >= 0.6 is 0 Å². The molecule has 0 nitrogen and oxygen atoms in total. The van der Waals surface area contributed by atoms with Crippen LogP contribution in [0.25, 0.3) is 0 Å². The van der Waals surface area contributed by atoms with E-state index in [1.165, 1.54) is 44.9 Å². The normalized spacial score (nSPS) is 15.2. The van der Waals surface area contributed by atoms with Gasteiger partial charge in [-0.15, -0.1) is 0 Å². The summed E-state index contributed by atoms with van der Waals surface area (Å²) in [6.07, 6.45) is 9.94. The summed E-state index contributed by atoms with van der Waals surface area (Å²) in [5.74, 6) is 1.04. The van der Waals surface area contributed by atoms with E-state index in [2.05, 4.69) is 34.6 Å². The molecule has 0 aliphatic heterocycles. The molecule has 1 fully saturated rings. The molecular weight excluding hydrogens is 168 g/mol. The zero-order valence-electron chi connectivity index (χ0n) is 10.5. The molecule has 0 radical (unpaired) electrons. The van der Waals surface area contributed by atoms with Crippen LogP contribution in [0.15, 0.2) is 0 Å². The summed E-state index contributed by atoms with van der Waals surface area (Å²) >= 11 is 0. The zero-order valence-corrected chi connectivity index (χ0v) is 10.5. The Morgan fingerprint density at radius 1 is 0.786 bits per heavy atom. The Balaban J connectivity index is -0.000000150. The van der Waals surface area contributed by atoms with Crippen molar-refractivity contribution in [2.24, 2.45) is 5.92 Å². The van der Waals surface area contributed by atoms with Crippen molar-refractivity contribution in [3.8, 4) is 0 Å². The van der Waals surface area contributed by atoms with Crippen LogP contribution < -0.4 is 0 Å². The van der Waals surface area contributed by atoms with Crippen LogP contribution in [0.2, 0.25) is 0 Å². The SMILES string of the molecule is C.CC1CCCCC1.CCC.CCC. The third-order valence-corrected chi connectivity index (χ3v) is 1.89. The molecule has 1 saturated carbocycles. The second-order valence-electron chi connectivity index (χ2n) is 4.16. The quantitative estimate of drug-likeness (QED) is 0.448. The smallest absolute Gasteiger partial charge is 0.0443 e. The molecule has 0 atom stereocenters. The van der Waals surface area contributed by atoms with Crippen molar-refractivity contribution in [1.82, 2.24) is 0 Å². The van der Waals surface area contributed by atoms with Gasteiger partial charge in [0.1, 0.15) is 0 Å². The van der Waals surface area contributed by atoms with Crippen molar-refractivity contribution in [1.29, 1.82) is 0 Å². The second-order valence-corrected chi connectivity index (χ2v) is 4.16. The first-order chi connectivity index (χ1) is 6.22. The molecular formula is C14H34. The average Bonchev–Trinajstić information content (AvgIpc) is 2.08. The summed E-state index contributed by atoms with van der Waals surface area (Å²) < 4.78 is 0.